The van der Waals surface area contributed by atoms with Gasteiger partial charge in [-0.25, -0.2) is 4.98 Å². The van der Waals surface area contributed by atoms with Crippen LogP contribution < -0.4 is 0 Å². The minimum atomic E-state index is 0.000787. The van der Waals surface area contributed by atoms with Crippen LogP contribution in [-0.4, -0.2) is 28.4 Å². The smallest absolute Gasteiger partial charge is 0.184 e. The Morgan fingerprint density at radius 1 is 1.25 bits per heavy atom. The maximum atomic E-state index is 5.36. The Kier molecular flexibility index (Phi) is 2.41. The molecule has 0 amide bonds. The van der Waals surface area contributed by atoms with Gasteiger partial charge in [-0.05, 0) is 5.56 Å². The van der Waals surface area contributed by atoms with Crippen molar-refractivity contribution in [1.29, 1.82) is 0 Å². The van der Waals surface area contributed by atoms with Gasteiger partial charge in [0.15, 0.2) is 5.16 Å². The van der Waals surface area contributed by atoms with Gasteiger partial charge in [-0.3, -0.25) is 5.10 Å². The average Bonchev–Trinajstić information content (AvgIpc) is 2.77. The fraction of sp³-hybridized carbons (Fsp3) is 0.273. The van der Waals surface area contributed by atoms with Gasteiger partial charge in [0.05, 0.1) is 18.0 Å². The van der Waals surface area contributed by atoms with E-state index in [1.54, 1.807) is 11.8 Å². The third-order valence-electron chi connectivity index (χ3n) is 2.66. The Balaban J connectivity index is 1.89. The second-order valence-corrected chi connectivity index (χ2v) is 5.12. The third-order valence-corrected chi connectivity index (χ3v) is 3.91. The molecule has 0 bridgehead atoms. The largest absolute Gasteiger partial charge is 0.378 e. The summed E-state index contributed by atoms with van der Waals surface area (Å²) in [6.45, 7) is 1.45. The highest BCUT2D eigenvalue weighted by Gasteiger charge is 2.42. The van der Waals surface area contributed by atoms with Gasteiger partial charge in [0, 0.05) is 0 Å². The lowest BCUT2D eigenvalue weighted by atomic mass is 9.97. The molecular weight excluding hydrogens is 222 g/mol. The van der Waals surface area contributed by atoms with E-state index in [0.29, 0.717) is 0 Å². The first kappa shape index (κ1) is 9.86. The fourth-order valence-corrected chi connectivity index (χ4v) is 2.85. The minimum Gasteiger partial charge on any atom is -0.378 e. The maximum Gasteiger partial charge on any atom is 0.184 e. The third kappa shape index (κ3) is 1.62. The molecule has 1 aliphatic rings. The van der Waals surface area contributed by atoms with E-state index in [-0.39, 0.29) is 4.75 Å². The van der Waals surface area contributed by atoms with Crippen LogP contribution in [0.25, 0.3) is 0 Å². The minimum absolute atomic E-state index is 0.000787. The zero-order chi connectivity index (χ0) is 10.8. The second kappa shape index (κ2) is 3.92. The Morgan fingerprint density at radius 3 is 2.62 bits per heavy atom. The number of hydrogen-bond donors (Lipinski definition) is 1. The summed E-state index contributed by atoms with van der Waals surface area (Å²) in [5.41, 5.74) is 1.28. The van der Waals surface area contributed by atoms with Crippen LogP contribution in [0.1, 0.15) is 5.56 Å². The van der Waals surface area contributed by atoms with Crippen LogP contribution >= 0.6 is 11.8 Å². The van der Waals surface area contributed by atoms with Gasteiger partial charge >= 0.3 is 0 Å². The molecule has 1 aliphatic heterocycles. The Morgan fingerprint density at radius 2 is 2.06 bits per heavy atom. The predicted octanol–water partition coefficient (Wildman–Crippen LogP) is 1.82. The normalized spacial score (nSPS) is 18.0. The van der Waals surface area contributed by atoms with E-state index in [0.717, 1.165) is 18.4 Å². The van der Waals surface area contributed by atoms with Gasteiger partial charge in [-0.1, -0.05) is 42.1 Å². The van der Waals surface area contributed by atoms with Crippen LogP contribution in [0.15, 0.2) is 41.8 Å². The number of benzene rings is 1. The highest BCUT2D eigenvalue weighted by Crippen LogP contribution is 2.45. The molecule has 1 aromatic heterocycles. The molecule has 2 heterocycles. The monoisotopic (exact) mass is 233 g/mol. The number of aromatic nitrogens is 3. The van der Waals surface area contributed by atoms with Gasteiger partial charge in [0.2, 0.25) is 0 Å². The molecule has 0 atom stereocenters. The number of aromatic amines is 1. The molecule has 5 heteroatoms. The van der Waals surface area contributed by atoms with Crippen LogP contribution in [0.5, 0.6) is 0 Å². The number of nitrogens with zero attached hydrogens (tertiary/aromatic N) is 2. The standard InChI is InChI=1S/C11H11N3OS/c1-2-4-9(5-3-1)11(6-15-7-11)16-10-12-8-13-14-10/h1-5,8H,6-7H2,(H,12,13,14). The average molecular weight is 233 g/mol. The van der Waals surface area contributed by atoms with Crippen molar-refractivity contribution in [2.45, 2.75) is 9.90 Å². The van der Waals surface area contributed by atoms with E-state index >= 15 is 0 Å². The lowest BCUT2D eigenvalue weighted by Crippen LogP contribution is -2.43. The van der Waals surface area contributed by atoms with Crippen LogP contribution in [-0.2, 0) is 9.48 Å². The summed E-state index contributed by atoms with van der Waals surface area (Å²) in [5.74, 6) is 0. The van der Waals surface area contributed by atoms with E-state index in [4.69, 9.17) is 4.74 Å². The molecule has 1 fully saturated rings. The van der Waals surface area contributed by atoms with Crippen molar-refractivity contribution in [1.82, 2.24) is 15.2 Å². The summed E-state index contributed by atoms with van der Waals surface area (Å²) in [5, 5.41) is 7.58. The van der Waals surface area contributed by atoms with E-state index in [2.05, 4.69) is 39.4 Å². The quantitative estimate of drug-likeness (QED) is 0.878. The van der Waals surface area contributed by atoms with Crippen molar-refractivity contribution in [3.05, 3.63) is 42.2 Å². The zero-order valence-corrected chi connectivity index (χ0v) is 9.41. The molecule has 0 unspecified atom stereocenters. The molecule has 1 aromatic carbocycles. The SMILES string of the molecule is c1ccc(C2(Sc3ncn[nH]3)COC2)cc1. The number of H-pyrrole nitrogens is 1. The lowest BCUT2D eigenvalue weighted by molar-refractivity contribution is -0.0110. The predicted molar refractivity (Wildman–Crippen MR) is 61.2 cm³/mol. The zero-order valence-electron chi connectivity index (χ0n) is 8.59. The van der Waals surface area contributed by atoms with E-state index in [1.807, 2.05) is 6.07 Å². The van der Waals surface area contributed by atoms with E-state index < -0.39 is 0 Å². The summed E-state index contributed by atoms with van der Waals surface area (Å²) in [4.78, 5) is 4.15. The van der Waals surface area contributed by atoms with Gasteiger partial charge in [-0.2, -0.15) is 5.10 Å². The fourth-order valence-electron chi connectivity index (χ4n) is 1.74. The number of nitrogens with one attached hydrogen (secondary N) is 1. The Labute approximate surface area is 97.4 Å². The summed E-state index contributed by atoms with van der Waals surface area (Å²) >= 11 is 1.68. The molecule has 0 aliphatic carbocycles. The molecule has 1 N–H and O–H groups in total. The lowest BCUT2D eigenvalue weighted by Gasteiger charge is -2.40. The van der Waals surface area contributed by atoms with Crippen molar-refractivity contribution in [3.63, 3.8) is 0 Å². The first-order valence-corrected chi connectivity index (χ1v) is 5.88. The van der Waals surface area contributed by atoms with Crippen molar-refractivity contribution in [2.24, 2.45) is 0 Å². The number of hydrogen-bond acceptors (Lipinski definition) is 4. The van der Waals surface area contributed by atoms with E-state index in [9.17, 15) is 0 Å². The topological polar surface area (TPSA) is 50.8 Å². The van der Waals surface area contributed by atoms with E-state index in [1.165, 1.54) is 11.9 Å². The molecule has 16 heavy (non-hydrogen) atoms. The van der Waals surface area contributed by atoms with Gasteiger partial charge in [-0.15, -0.1) is 0 Å². The number of rotatable bonds is 3. The van der Waals surface area contributed by atoms with Crippen LogP contribution in [0.2, 0.25) is 0 Å². The number of thioether (sulfide) groups is 1. The first-order chi connectivity index (χ1) is 7.89. The summed E-state index contributed by atoms with van der Waals surface area (Å²) in [6, 6.07) is 10.4. The molecule has 1 saturated heterocycles. The molecule has 0 saturated carbocycles. The molecule has 3 rings (SSSR count). The summed E-state index contributed by atoms with van der Waals surface area (Å²) in [6.07, 6.45) is 1.53. The first-order valence-electron chi connectivity index (χ1n) is 5.07. The Bertz CT molecular complexity index is 453. The van der Waals surface area contributed by atoms with Crippen molar-refractivity contribution < 1.29 is 4.74 Å². The van der Waals surface area contributed by atoms with Gasteiger partial charge in [0.1, 0.15) is 6.33 Å². The molecule has 2 aromatic rings. The number of ether oxygens (including phenoxy) is 1. The summed E-state index contributed by atoms with van der Waals surface area (Å²) in [7, 11) is 0. The van der Waals surface area contributed by atoms with Crippen molar-refractivity contribution >= 4 is 11.8 Å². The molecular formula is C11H11N3OS. The molecule has 0 spiro atoms. The van der Waals surface area contributed by atoms with Crippen LogP contribution in [0.3, 0.4) is 0 Å². The summed E-state index contributed by atoms with van der Waals surface area (Å²) < 4.78 is 5.36. The Hall–Kier alpha value is -1.33. The van der Waals surface area contributed by atoms with Crippen LogP contribution in [0, 0.1) is 0 Å². The highest BCUT2D eigenvalue weighted by atomic mass is 32.2. The van der Waals surface area contributed by atoms with Crippen LogP contribution in [0.4, 0.5) is 0 Å². The van der Waals surface area contributed by atoms with Crippen molar-refractivity contribution in [2.75, 3.05) is 13.2 Å². The molecule has 82 valence electrons. The maximum absolute atomic E-state index is 5.36. The van der Waals surface area contributed by atoms with Gasteiger partial charge < -0.3 is 4.74 Å². The molecule has 0 radical (unpaired) electrons. The highest BCUT2D eigenvalue weighted by molar-refractivity contribution is 8.00. The molecule has 4 nitrogen and oxygen atoms in total. The second-order valence-electron chi connectivity index (χ2n) is 3.75. The van der Waals surface area contributed by atoms with Gasteiger partial charge in [0.25, 0.3) is 0 Å². The van der Waals surface area contributed by atoms with Crippen molar-refractivity contribution in [3.8, 4) is 0 Å².